The Labute approximate surface area is 156 Å². The number of amides is 2. The Balaban J connectivity index is 1.49. The van der Waals surface area contributed by atoms with Crippen molar-refractivity contribution >= 4 is 23.2 Å². The molecule has 1 spiro atoms. The van der Waals surface area contributed by atoms with Gasteiger partial charge >= 0.3 is 0 Å². The van der Waals surface area contributed by atoms with Crippen molar-refractivity contribution in [3.63, 3.8) is 0 Å². The number of hydrogen-bond donors (Lipinski definition) is 0. The van der Waals surface area contributed by atoms with Crippen LogP contribution in [0.5, 0.6) is 0 Å². The van der Waals surface area contributed by atoms with Crippen LogP contribution in [-0.2, 0) is 11.3 Å². The predicted molar refractivity (Wildman–Crippen MR) is 98.3 cm³/mol. The molecule has 2 aliphatic rings. The van der Waals surface area contributed by atoms with Gasteiger partial charge in [0.15, 0.2) is 0 Å². The van der Waals surface area contributed by atoms with Crippen LogP contribution in [0.25, 0.3) is 0 Å². The topological polar surface area (TPSA) is 40.6 Å². The molecule has 1 aromatic carbocycles. The number of nitrogens with zero attached hydrogens (tertiary/aromatic N) is 2. The van der Waals surface area contributed by atoms with Gasteiger partial charge in [-0.05, 0) is 36.8 Å². The second-order valence-corrected chi connectivity index (χ2v) is 8.10. The molecule has 0 bridgehead atoms. The summed E-state index contributed by atoms with van der Waals surface area (Å²) in [6.07, 6.45) is 2.38. The van der Waals surface area contributed by atoms with Crippen LogP contribution in [0.15, 0.2) is 41.8 Å². The summed E-state index contributed by atoms with van der Waals surface area (Å²) < 4.78 is 14.0. The van der Waals surface area contributed by atoms with Crippen molar-refractivity contribution in [1.82, 2.24) is 9.80 Å². The van der Waals surface area contributed by atoms with Gasteiger partial charge in [0.2, 0.25) is 5.91 Å². The predicted octanol–water partition coefficient (Wildman–Crippen LogP) is 3.54. The molecule has 0 radical (unpaired) electrons. The summed E-state index contributed by atoms with van der Waals surface area (Å²) in [6.45, 7) is 2.02. The average molecular weight is 372 g/mol. The quantitative estimate of drug-likeness (QED) is 0.827. The van der Waals surface area contributed by atoms with Gasteiger partial charge in [0.1, 0.15) is 5.82 Å². The van der Waals surface area contributed by atoms with E-state index in [0.29, 0.717) is 43.0 Å². The highest BCUT2D eigenvalue weighted by Gasteiger charge is 2.49. The molecule has 0 saturated carbocycles. The lowest BCUT2D eigenvalue weighted by molar-refractivity contribution is -0.146. The molecule has 2 fully saturated rings. The van der Waals surface area contributed by atoms with Crippen LogP contribution >= 0.6 is 11.3 Å². The van der Waals surface area contributed by atoms with E-state index >= 15 is 0 Å². The summed E-state index contributed by atoms with van der Waals surface area (Å²) in [5.41, 5.74) is 0.0404. The molecular weight excluding hydrogens is 351 g/mol. The van der Waals surface area contributed by atoms with Crippen molar-refractivity contribution in [2.24, 2.45) is 5.41 Å². The standard InChI is InChI=1S/C20H21FN2O2S/c21-16-6-2-1-5-15(16)13-22-10-4-8-20(19(22)25)9-11-23(14-20)18(24)17-7-3-12-26-17/h1-3,5-7,12H,4,8-11,13-14H2. The highest BCUT2D eigenvalue weighted by Crippen LogP contribution is 2.41. The summed E-state index contributed by atoms with van der Waals surface area (Å²) in [5, 5.41) is 1.89. The first-order chi connectivity index (χ1) is 12.6. The van der Waals surface area contributed by atoms with E-state index < -0.39 is 5.41 Å². The molecule has 1 unspecified atom stereocenters. The third-order valence-electron chi connectivity index (χ3n) is 5.52. The van der Waals surface area contributed by atoms with Crippen molar-refractivity contribution in [3.05, 3.63) is 58.0 Å². The third-order valence-corrected chi connectivity index (χ3v) is 6.37. The van der Waals surface area contributed by atoms with Crippen LogP contribution in [0.1, 0.15) is 34.5 Å². The molecule has 26 heavy (non-hydrogen) atoms. The number of piperidine rings is 1. The Morgan fingerprint density at radius 2 is 2.00 bits per heavy atom. The maximum Gasteiger partial charge on any atom is 0.263 e. The van der Waals surface area contributed by atoms with E-state index in [1.807, 2.05) is 17.5 Å². The Kier molecular flexibility index (Phi) is 4.53. The molecule has 2 saturated heterocycles. The second-order valence-electron chi connectivity index (χ2n) is 7.16. The van der Waals surface area contributed by atoms with Gasteiger partial charge in [-0.15, -0.1) is 11.3 Å². The summed E-state index contributed by atoms with van der Waals surface area (Å²) in [4.78, 5) is 30.1. The van der Waals surface area contributed by atoms with E-state index in [-0.39, 0.29) is 17.6 Å². The van der Waals surface area contributed by atoms with Crippen LogP contribution < -0.4 is 0 Å². The van der Waals surface area contributed by atoms with Crippen LogP contribution in [-0.4, -0.2) is 41.2 Å². The zero-order valence-corrected chi connectivity index (χ0v) is 15.3. The van der Waals surface area contributed by atoms with Crippen molar-refractivity contribution in [2.75, 3.05) is 19.6 Å². The smallest absolute Gasteiger partial charge is 0.263 e. The fourth-order valence-electron chi connectivity index (χ4n) is 4.12. The Morgan fingerprint density at radius 1 is 1.15 bits per heavy atom. The number of rotatable bonds is 3. The van der Waals surface area contributed by atoms with E-state index in [4.69, 9.17) is 0 Å². The molecule has 3 heterocycles. The van der Waals surface area contributed by atoms with E-state index in [1.165, 1.54) is 17.4 Å². The van der Waals surface area contributed by atoms with E-state index in [0.717, 1.165) is 12.8 Å². The van der Waals surface area contributed by atoms with Gasteiger partial charge in [0.25, 0.3) is 5.91 Å². The Bertz CT molecular complexity index is 823. The molecule has 1 aromatic heterocycles. The lowest BCUT2D eigenvalue weighted by Crippen LogP contribution is -2.50. The lowest BCUT2D eigenvalue weighted by Gasteiger charge is -2.39. The summed E-state index contributed by atoms with van der Waals surface area (Å²) >= 11 is 1.43. The molecule has 0 aliphatic carbocycles. The van der Waals surface area contributed by atoms with E-state index in [2.05, 4.69) is 0 Å². The van der Waals surface area contributed by atoms with Crippen LogP contribution in [0.3, 0.4) is 0 Å². The minimum absolute atomic E-state index is 0.0101. The monoisotopic (exact) mass is 372 g/mol. The van der Waals surface area contributed by atoms with E-state index in [1.54, 1.807) is 28.0 Å². The van der Waals surface area contributed by atoms with Crippen molar-refractivity contribution < 1.29 is 14.0 Å². The SMILES string of the molecule is O=C(c1cccs1)N1CCC2(CCCN(Cc3ccccc3F)C2=O)C1. The van der Waals surface area contributed by atoms with Gasteiger partial charge in [0, 0.05) is 31.7 Å². The average Bonchev–Trinajstić information content (AvgIpc) is 3.31. The maximum atomic E-state index is 14.0. The number of likely N-dealkylation sites (tertiary alicyclic amines) is 2. The van der Waals surface area contributed by atoms with Gasteiger partial charge in [-0.3, -0.25) is 9.59 Å². The number of halogens is 1. The van der Waals surface area contributed by atoms with E-state index in [9.17, 15) is 14.0 Å². The van der Waals surface area contributed by atoms with Gasteiger partial charge < -0.3 is 9.80 Å². The molecular formula is C20H21FN2O2S. The fourth-order valence-corrected chi connectivity index (χ4v) is 4.81. The van der Waals surface area contributed by atoms with Crippen LogP contribution in [0.4, 0.5) is 4.39 Å². The number of carbonyl (C=O) groups is 2. The molecule has 4 nitrogen and oxygen atoms in total. The minimum atomic E-state index is -0.504. The number of benzene rings is 1. The zero-order chi connectivity index (χ0) is 18.1. The van der Waals surface area contributed by atoms with Crippen LogP contribution in [0.2, 0.25) is 0 Å². The second kappa shape index (κ2) is 6.83. The first-order valence-electron chi connectivity index (χ1n) is 8.95. The molecule has 0 N–H and O–H groups in total. The lowest BCUT2D eigenvalue weighted by atomic mass is 9.78. The number of carbonyl (C=O) groups excluding carboxylic acids is 2. The Morgan fingerprint density at radius 3 is 2.77 bits per heavy atom. The van der Waals surface area contributed by atoms with Crippen LogP contribution in [0, 0.1) is 11.2 Å². The molecule has 4 rings (SSSR count). The minimum Gasteiger partial charge on any atom is -0.338 e. The first-order valence-corrected chi connectivity index (χ1v) is 9.83. The third kappa shape index (κ3) is 3.03. The van der Waals surface area contributed by atoms with Gasteiger partial charge in [-0.2, -0.15) is 0 Å². The Hall–Kier alpha value is -2.21. The highest BCUT2D eigenvalue weighted by atomic mass is 32.1. The maximum absolute atomic E-state index is 14.0. The molecule has 2 aromatic rings. The van der Waals surface area contributed by atoms with Gasteiger partial charge in [-0.1, -0.05) is 24.3 Å². The molecule has 1 atom stereocenters. The normalized spacial score (nSPS) is 23.0. The van der Waals surface area contributed by atoms with Gasteiger partial charge in [0.05, 0.1) is 10.3 Å². The largest absolute Gasteiger partial charge is 0.338 e. The summed E-state index contributed by atoms with van der Waals surface area (Å²) in [5.74, 6) is -0.203. The van der Waals surface area contributed by atoms with Gasteiger partial charge in [-0.25, -0.2) is 4.39 Å². The summed E-state index contributed by atoms with van der Waals surface area (Å²) in [7, 11) is 0. The number of hydrogen-bond acceptors (Lipinski definition) is 3. The highest BCUT2D eigenvalue weighted by molar-refractivity contribution is 7.12. The summed E-state index contributed by atoms with van der Waals surface area (Å²) in [6, 6.07) is 10.3. The zero-order valence-electron chi connectivity index (χ0n) is 14.5. The fraction of sp³-hybridized carbons (Fsp3) is 0.400. The molecule has 2 aliphatic heterocycles. The molecule has 6 heteroatoms. The first kappa shape index (κ1) is 17.2. The van der Waals surface area contributed by atoms with Crippen molar-refractivity contribution in [1.29, 1.82) is 0 Å². The van der Waals surface area contributed by atoms with Crippen molar-refractivity contribution in [3.8, 4) is 0 Å². The number of thiophene rings is 1. The molecule has 136 valence electrons. The molecule has 2 amide bonds. The van der Waals surface area contributed by atoms with Crippen molar-refractivity contribution in [2.45, 2.75) is 25.8 Å².